The van der Waals surface area contributed by atoms with Crippen LogP contribution < -0.4 is 5.32 Å². The summed E-state index contributed by atoms with van der Waals surface area (Å²) in [6.07, 6.45) is 2.24. The molecule has 4 nitrogen and oxygen atoms in total. The Bertz CT molecular complexity index is 449. The van der Waals surface area contributed by atoms with Crippen LogP contribution in [0.5, 0.6) is 0 Å². The van der Waals surface area contributed by atoms with Crippen molar-refractivity contribution in [2.75, 3.05) is 5.32 Å². The lowest BCUT2D eigenvalue weighted by atomic mass is 10.2. The predicted octanol–water partition coefficient (Wildman–Crippen LogP) is 2.22. The van der Waals surface area contributed by atoms with E-state index in [0.29, 0.717) is 16.3 Å². The van der Waals surface area contributed by atoms with E-state index in [1.165, 1.54) is 6.20 Å². The van der Waals surface area contributed by atoms with Gasteiger partial charge in [-0.15, -0.1) is 0 Å². The van der Waals surface area contributed by atoms with Gasteiger partial charge in [-0.1, -0.05) is 11.6 Å². The van der Waals surface area contributed by atoms with Gasteiger partial charge in [0.2, 0.25) is 0 Å². The lowest BCUT2D eigenvalue weighted by Crippen LogP contribution is -1.92. The number of hydrogen-bond donors (Lipinski definition) is 2. The first-order valence-electron chi connectivity index (χ1n) is 3.99. The fourth-order valence-corrected chi connectivity index (χ4v) is 1.13. The zero-order chi connectivity index (χ0) is 11.3. The molecule has 0 saturated heterocycles. The Labute approximate surface area is 91.4 Å². The van der Waals surface area contributed by atoms with E-state index in [-0.39, 0.29) is 0 Å². The Morgan fingerprint density at radius 3 is 2.87 bits per heavy atom. The molecule has 0 spiro atoms. The van der Waals surface area contributed by atoms with E-state index in [4.69, 9.17) is 22.0 Å². The molecular formula is C10H7ClN2O2. The van der Waals surface area contributed by atoms with Gasteiger partial charge in [0, 0.05) is 18.0 Å². The average Bonchev–Trinajstić information content (AvgIpc) is 2.17. The van der Waals surface area contributed by atoms with Gasteiger partial charge < -0.3 is 10.4 Å². The summed E-state index contributed by atoms with van der Waals surface area (Å²) < 4.78 is 0. The molecule has 15 heavy (non-hydrogen) atoms. The van der Waals surface area contributed by atoms with Crippen LogP contribution in [0.1, 0.15) is 5.56 Å². The third-order valence-electron chi connectivity index (χ3n) is 1.57. The molecule has 76 valence electrons. The first-order valence-corrected chi connectivity index (χ1v) is 4.37. The summed E-state index contributed by atoms with van der Waals surface area (Å²) in [5, 5.41) is 20.0. The largest absolute Gasteiger partial charge is 0.478 e. The number of carbonyl (C=O) groups is 1. The van der Waals surface area contributed by atoms with E-state index in [9.17, 15) is 4.79 Å². The molecule has 2 N–H and O–H groups in total. The van der Waals surface area contributed by atoms with E-state index in [1.54, 1.807) is 18.2 Å². The maximum absolute atomic E-state index is 10.2. The smallest absolute Gasteiger partial charge is 0.329 e. The van der Waals surface area contributed by atoms with Gasteiger partial charge in [-0.3, -0.25) is 0 Å². The van der Waals surface area contributed by atoms with Crippen LogP contribution in [0, 0.1) is 11.3 Å². The van der Waals surface area contributed by atoms with Gasteiger partial charge in [0.15, 0.2) is 0 Å². The predicted molar refractivity (Wildman–Crippen MR) is 56.6 cm³/mol. The molecule has 0 aliphatic heterocycles. The quantitative estimate of drug-likeness (QED) is 0.770. The molecular weight excluding hydrogens is 216 g/mol. The highest BCUT2D eigenvalue weighted by molar-refractivity contribution is 6.32. The van der Waals surface area contributed by atoms with E-state index in [2.05, 4.69) is 5.32 Å². The van der Waals surface area contributed by atoms with Crippen molar-refractivity contribution in [2.24, 2.45) is 0 Å². The number of hydrogen-bond acceptors (Lipinski definition) is 3. The van der Waals surface area contributed by atoms with Crippen molar-refractivity contribution in [3.63, 3.8) is 0 Å². The highest BCUT2D eigenvalue weighted by Crippen LogP contribution is 2.19. The van der Waals surface area contributed by atoms with Crippen molar-refractivity contribution >= 4 is 23.3 Å². The topological polar surface area (TPSA) is 73.1 Å². The van der Waals surface area contributed by atoms with Crippen molar-refractivity contribution in [3.8, 4) is 6.07 Å². The average molecular weight is 223 g/mol. The Morgan fingerprint density at radius 1 is 1.60 bits per heavy atom. The summed E-state index contributed by atoms with van der Waals surface area (Å²) >= 11 is 5.77. The summed E-state index contributed by atoms with van der Waals surface area (Å²) in [5.41, 5.74) is 1.00. The summed E-state index contributed by atoms with van der Waals surface area (Å²) in [5.74, 6) is -1.04. The monoisotopic (exact) mass is 222 g/mol. The van der Waals surface area contributed by atoms with Crippen LogP contribution in [0.15, 0.2) is 30.5 Å². The number of halogens is 1. The van der Waals surface area contributed by atoms with Gasteiger partial charge in [-0.05, 0) is 18.2 Å². The molecule has 0 aromatic heterocycles. The molecule has 0 aliphatic rings. The maximum atomic E-state index is 10.2. The van der Waals surface area contributed by atoms with Crippen LogP contribution in [0.2, 0.25) is 5.02 Å². The summed E-state index contributed by atoms with van der Waals surface area (Å²) in [7, 11) is 0. The van der Waals surface area contributed by atoms with Gasteiger partial charge in [-0.25, -0.2) is 4.79 Å². The number of carboxylic acids is 1. The van der Waals surface area contributed by atoms with Crippen molar-refractivity contribution in [3.05, 3.63) is 41.1 Å². The Balaban J connectivity index is 2.77. The molecule has 0 aliphatic carbocycles. The molecule has 0 heterocycles. The van der Waals surface area contributed by atoms with Gasteiger partial charge >= 0.3 is 5.97 Å². The fourth-order valence-electron chi connectivity index (χ4n) is 0.905. The second kappa shape index (κ2) is 5.03. The second-order valence-corrected chi connectivity index (χ2v) is 3.03. The minimum Gasteiger partial charge on any atom is -0.478 e. The van der Waals surface area contributed by atoms with E-state index < -0.39 is 5.97 Å². The Morgan fingerprint density at radius 2 is 2.33 bits per heavy atom. The molecule has 0 amide bonds. The lowest BCUT2D eigenvalue weighted by molar-refractivity contribution is -0.131. The Hall–Kier alpha value is -1.99. The van der Waals surface area contributed by atoms with Crippen molar-refractivity contribution in [1.82, 2.24) is 0 Å². The number of nitriles is 1. The minimum atomic E-state index is -1.04. The highest BCUT2D eigenvalue weighted by Gasteiger charge is 1.99. The highest BCUT2D eigenvalue weighted by atomic mass is 35.5. The number of rotatable bonds is 3. The first-order chi connectivity index (χ1) is 7.13. The molecule has 0 atom stereocenters. The summed E-state index contributed by atoms with van der Waals surface area (Å²) in [6, 6.07) is 6.66. The number of anilines is 1. The number of carboxylic acid groups (broad SMARTS) is 1. The molecule has 0 unspecified atom stereocenters. The third kappa shape index (κ3) is 3.33. The second-order valence-electron chi connectivity index (χ2n) is 2.62. The fraction of sp³-hybridized carbons (Fsp3) is 0. The van der Waals surface area contributed by atoms with Gasteiger partial charge in [0.1, 0.15) is 6.07 Å². The van der Waals surface area contributed by atoms with E-state index >= 15 is 0 Å². The van der Waals surface area contributed by atoms with Crippen LogP contribution in [0.3, 0.4) is 0 Å². The number of nitrogens with zero attached hydrogens (tertiary/aromatic N) is 1. The molecule has 1 aromatic carbocycles. The summed E-state index contributed by atoms with van der Waals surface area (Å²) in [4.78, 5) is 10.2. The zero-order valence-corrected chi connectivity index (χ0v) is 8.32. The van der Waals surface area contributed by atoms with Crippen molar-refractivity contribution < 1.29 is 9.90 Å². The molecule has 0 bridgehead atoms. The molecule has 0 radical (unpaired) electrons. The molecule has 0 fully saturated rings. The van der Waals surface area contributed by atoms with Crippen LogP contribution in [-0.2, 0) is 4.79 Å². The van der Waals surface area contributed by atoms with Crippen molar-refractivity contribution in [2.45, 2.75) is 0 Å². The molecule has 1 rings (SSSR count). The SMILES string of the molecule is N#Cc1ccc(N/C=C/C(=O)O)cc1Cl. The van der Waals surface area contributed by atoms with Crippen LogP contribution in [0.4, 0.5) is 5.69 Å². The van der Waals surface area contributed by atoms with E-state index in [0.717, 1.165) is 6.08 Å². The van der Waals surface area contributed by atoms with Gasteiger partial charge in [0.05, 0.1) is 10.6 Å². The third-order valence-corrected chi connectivity index (χ3v) is 1.88. The van der Waals surface area contributed by atoms with Crippen LogP contribution in [0.25, 0.3) is 0 Å². The minimum absolute atomic E-state index is 0.325. The molecule has 5 heteroatoms. The maximum Gasteiger partial charge on any atom is 0.329 e. The number of benzene rings is 1. The Kier molecular flexibility index (Phi) is 3.72. The standard InChI is InChI=1S/C10H7ClN2O2/c11-9-5-8(2-1-7(9)6-12)13-4-3-10(14)15/h1-5,13H,(H,14,15)/b4-3+. The van der Waals surface area contributed by atoms with E-state index in [1.807, 2.05) is 6.07 Å². The molecule has 1 aromatic rings. The number of aliphatic carboxylic acids is 1. The van der Waals surface area contributed by atoms with Crippen molar-refractivity contribution in [1.29, 1.82) is 5.26 Å². The van der Waals surface area contributed by atoms with Crippen LogP contribution >= 0.6 is 11.6 Å². The van der Waals surface area contributed by atoms with Gasteiger partial charge in [0.25, 0.3) is 0 Å². The summed E-state index contributed by atoms with van der Waals surface area (Å²) in [6.45, 7) is 0. The zero-order valence-electron chi connectivity index (χ0n) is 7.57. The van der Waals surface area contributed by atoms with Crippen LogP contribution in [-0.4, -0.2) is 11.1 Å². The molecule has 0 saturated carbocycles. The number of nitrogens with one attached hydrogen (secondary N) is 1. The normalized spacial score (nSPS) is 9.87. The lowest BCUT2D eigenvalue weighted by Gasteiger charge is -2.01. The van der Waals surface area contributed by atoms with Gasteiger partial charge in [-0.2, -0.15) is 5.26 Å². The first kappa shape index (κ1) is 11.1.